The van der Waals surface area contributed by atoms with Crippen LogP contribution in [0.4, 0.5) is 9.52 Å². The summed E-state index contributed by atoms with van der Waals surface area (Å²) < 4.78 is 45.2. The van der Waals surface area contributed by atoms with Gasteiger partial charge in [-0.05, 0) is 34.1 Å². The van der Waals surface area contributed by atoms with Crippen LogP contribution in [0.25, 0.3) is 0 Å². The zero-order valence-corrected chi connectivity index (χ0v) is 13.7. The number of nitrogens with one attached hydrogen (secondary N) is 1. The summed E-state index contributed by atoms with van der Waals surface area (Å²) in [4.78, 5) is 14.9. The molecule has 112 valence electrons. The first-order valence-electron chi connectivity index (χ1n) is 5.35. The zero-order chi connectivity index (χ0) is 15.6. The van der Waals surface area contributed by atoms with Gasteiger partial charge in [-0.3, -0.25) is 4.72 Å². The maximum atomic E-state index is 13.3. The number of ether oxygens (including phenoxy) is 1. The first kappa shape index (κ1) is 15.9. The minimum atomic E-state index is -4.17. The maximum absolute atomic E-state index is 13.3. The summed E-state index contributed by atoms with van der Waals surface area (Å²) in [5, 5.41) is 0.0851. The molecule has 0 spiro atoms. The van der Waals surface area contributed by atoms with E-state index < -0.39 is 26.7 Å². The summed E-state index contributed by atoms with van der Waals surface area (Å²) in [6.45, 7) is 0. The summed E-state index contributed by atoms with van der Waals surface area (Å²) in [5.74, 6) is -1.67. The molecule has 21 heavy (non-hydrogen) atoms. The molecule has 1 heterocycles. The van der Waals surface area contributed by atoms with Crippen LogP contribution in [0.2, 0.25) is 0 Å². The fraction of sp³-hybridized carbons (Fsp3) is 0.0909. The Bertz CT molecular complexity index is 791. The second-order valence-corrected chi connectivity index (χ2v) is 7.77. The summed E-state index contributed by atoms with van der Waals surface area (Å²) in [7, 11) is -3.07. The third-order valence-corrected chi connectivity index (χ3v) is 5.24. The van der Waals surface area contributed by atoms with E-state index in [0.29, 0.717) is 3.79 Å². The maximum Gasteiger partial charge on any atom is 0.339 e. The summed E-state index contributed by atoms with van der Waals surface area (Å²) in [5.41, 5.74) is -0.262. The molecule has 2 rings (SSSR count). The SMILES string of the molecule is COC(=O)c1ccc(F)cc1S(=O)(=O)Nc1ncc(Br)s1. The van der Waals surface area contributed by atoms with E-state index in [-0.39, 0.29) is 10.7 Å². The van der Waals surface area contributed by atoms with Crippen LogP contribution >= 0.6 is 27.3 Å². The van der Waals surface area contributed by atoms with Crippen molar-refractivity contribution in [2.45, 2.75) is 4.90 Å². The first-order chi connectivity index (χ1) is 9.83. The molecule has 6 nitrogen and oxygen atoms in total. The van der Waals surface area contributed by atoms with Gasteiger partial charge in [-0.1, -0.05) is 11.3 Å². The third-order valence-electron chi connectivity index (χ3n) is 2.34. The van der Waals surface area contributed by atoms with Gasteiger partial charge >= 0.3 is 5.97 Å². The molecular formula is C11H8BrFN2O4S2. The third kappa shape index (κ3) is 3.57. The number of carbonyl (C=O) groups excluding carboxylic acids is 1. The zero-order valence-electron chi connectivity index (χ0n) is 10.5. The molecule has 0 radical (unpaired) electrons. The summed E-state index contributed by atoms with van der Waals surface area (Å²) >= 11 is 4.18. The molecule has 0 amide bonds. The highest BCUT2D eigenvalue weighted by molar-refractivity contribution is 9.11. The Morgan fingerprint density at radius 1 is 1.48 bits per heavy atom. The van der Waals surface area contributed by atoms with E-state index in [0.717, 1.165) is 36.6 Å². The Labute approximate surface area is 132 Å². The van der Waals surface area contributed by atoms with Crippen molar-refractivity contribution in [3.63, 3.8) is 0 Å². The van der Waals surface area contributed by atoms with Crippen molar-refractivity contribution in [3.8, 4) is 0 Å². The van der Waals surface area contributed by atoms with Gasteiger partial charge in [0.1, 0.15) is 10.7 Å². The van der Waals surface area contributed by atoms with Gasteiger partial charge in [-0.25, -0.2) is 22.6 Å². The van der Waals surface area contributed by atoms with Gasteiger partial charge in [0.05, 0.1) is 22.7 Å². The Morgan fingerprint density at radius 3 is 2.76 bits per heavy atom. The molecule has 0 saturated heterocycles. The highest BCUT2D eigenvalue weighted by Crippen LogP contribution is 2.27. The highest BCUT2D eigenvalue weighted by Gasteiger charge is 2.24. The lowest BCUT2D eigenvalue weighted by Gasteiger charge is -2.09. The number of thiazole rings is 1. The monoisotopic (exact) mass is 394 g/mol. The van der Waals surface area contributed by atoms with Gasteiger partial charge in [0.25, 0.3) is 10.0 Å². The van der Waals surface area contributed by atoms with Crippen molar-refractivity contribution in [2.24, 2.45) is 0 Å². The number of sulfonamides is 1. The second kappa shape index (κ2) is 6.08. The number of nitrogens with zero attached hydrogens (tertiary/aromatic N) is 1. The second-order valence-electron chi connectivity index (χ2n) is 3.71. The fourth-order valence-corrected chi connectivity index (χ4v) is 4.02. The first-order valence-corrected chi connectivity index (χ1v) is 8.45. The molecule has 0 bridgehead atoms. The standard InChI is InChI=1S/C11H8BrFN2O4S2/c1-19-10(16)7-3-2-6(13)4-8(7)21(17,18)15-11-14-5-9(12)20-11/h2-5H,1H3,(H,14,15). The molecule has 0 aliphatic heterocycles. The molecule has 0 aliphatic rings. The normalized spacial score (nSPS) is 11.2. The number of anilines is 1. The predicted octanol–water partition coefficient (Wildman–Crippen LogP) is 2.63. The average molecular weight is 395 g/mol. The molecule has 0 aliphatic carbocycles. The molecule has 0 unspecified atom stereocenters. The van der Waals surface area contributed by atoms with E-state index in [1.807, 2.05) is 0 Å². The van der Waals surface area contributed by atoms with Gasteiger partial charge in [0, 0.05) is 0 Å². The van der Waals surface area contributed by atoms with Crippen molar-refractivity contribution >= 4 is 48.4 Å². The molecule has 0 fully saturated rings. The van der Waals surface area contributed by atoms with E-state index in [2.05, 4.69) is 30.4 Å². The number of carbonyl (C=O) groups is 1. The number of aromatic nitrogens is 1. The van der Waals surface area contributed by atoms with Gasteiger partial charge in [-0.2, -0.15) is 0 Å². The highest BCUT2D eigenvalue weighted by atomic mass is 79.9. The van der Waals surface area contributed by atoms with Crippen LogP contribution in [0, 0.1) is 5.82 Å². The van der Waals surface area contributed by atoms with Crippen LogP contribution in [0.3, 0.4) is 0 Å². The van der Waals surface area contributed by atoms with Crippen LogP contribution in [0.5, 0.6) is 0 Å². The molecule has 2 aromatic rings. The molecule has 1 aromatic heterocycles. The van der Waals surface area contributed by atoms with E-state index in [1.54, 1.807) is 0 Å². The van der Waals surface area contributed by atoms with Gasteiger partial charge < -0.3 is 4.74 Å². The predicted molar refractivity (Wildman–Crippen MR) is 78.4 cm³/mol. The summed E-state index contributed by atoms with van der Waals surface area (Å²) in [6, 6.07) is 2.77. The number of halogens is 2. The van der Waals surface area contributed by atoms with Gasteiger partial charge in [-0.15, -0.1) is 0 Å². The number of methoxy groups -OCH3 is 1. The lowest BCUT2D eigenvalue weighted by atomic mass is 10.2. The number of hydrogen-bond donors (Lipinski definition) is 1. The quantitative estimate of drug-likeness (QED) is 0.805. The molecule has 1 aromatic carbocycles. The van der Waals surface area contributed by atoms with Crippen molar-refractivity contribution in [1.82, 2.24) is 4.98 Å². The average Bonchev–Trinajstić information content (AvgIpc) is 2.82. The van der Waals surface area contributed by atoms with Crippen LogP contribution < -0.4 is 4.72 Å². The molecule has 0 saturated carbocycles. The number of benzene rings is 1. The summed E-state index contributed by atoms with van der Waals surface area (Å²) in [6.07, 6.45) is 1.41. The van der Waals surface area contributed by atoms with Crippen molar-refractivity contribution in [3.05, 3.63) is 39.6 Å². The molecule has 0 atom stereocenters. The number of hydrogen-bond acceptors (Lipinski definition) is 6. The van der Waals surface area contributed by atoms with Crippen LogP contribution in [0.1, 0.15) is 10.4 Å². The Kier molecular flexibility index (Phi) is 4.59. The van der Waals surface area contributed by atoms with Crippen molar-refractivity contribution < 1.29 is 22.3 Å². The van der Waals surface area contributed by atoms with E-state index >= 15 is 0 Å². The van der Waals surface area contributed by atoms with Gasteiger partial charge in [0.15, 0.2) is 5.13 Å². The van der Waals surface area contributed by atoms with Crippen LogP contribution in [-0.2, 0) is 14.8 Å². The van der Waals surface area contributed by atoms with E-state index in [4.69, 9.17) is 0 Å². The van der Waals surface area contributed by atoms with E-state index in [9.17, 15) is 17.6 Å². The van der Waals surface area contributed by atoms with Crippen molar-refractivity contribution in [1.29, 1.82) is 0 Å². The Balaban J connectivity index is 2.48. The fourth-order valence-electron chi connectivity index (χ4n) is 1.47. The van der Waals surface area contributed by atoms with Gasteiger partial charge in [0.2, 0.25) is 0 Å². The molecular weight excluding hydrogens is 387 g/mol. The number of rotatable bonds is 4. The largest absolute Gasteiger partial charge is 0.465 e. The number of esters is 1. The van der Waals surface area contributed by atoms with Crippen LogP contribution in [-0.4, -0.2) is 26.5 Å². The van der Waals surface area contributed by atoms with E-state index in [1.165, 1.54) is 6.20 Å². The van der Waals surface area contributed by atoms with Crippen LogP contribution in [0.15, 0.2) is 33.1 Å². The topological polar surface area (TPSA) is 85.4 Å². The molecule has 10 heteroatoms. The Morgan fingerprint density at radius 2 is 2.19 bits per heavy atom. The lowest BCUT2D eigenvalue weighted by molar-refractivity contribution is 0.0596. The van der Waals surface area contributed by atoms with Crippen molar-refractivity contribution in [2.75, 3.05) is 11.8 Å². The lowest BCUT2D eigenvalue weighted by Crippen LogP contribution is -2.17. The smallest absolute Gasteiger partial charge is 0.339 e. The minimum absolute atomic E-state index is 0.0851. The molecule has 1 N–H and O–H groups in total. The minimum Gasteiger partial charge on any atom is -0.465 e. The Hall–Kier alpha value is -1.52.